The second-order valence-corrected chi connectivity index (χ2v) is 5.60. The number of aromatic hydroxyl groups is 1. The maximum Gasteiger partial charge on any atom is 0.124 e. The minimum absolute atomic E-state index is 0.296. The first kappa shape index (κ1) is 19.4. The van der Waals surface area contributed by atoms with Gasteiger partial charge < -0.3 is 19.3 Å². The lowest BCUT2D eigenvalue weighted by Gasteiger charge is -2.12. The van der Waals surface area contributed by atoms with Gasteiger partial charge >= 0.3 is 0 Å². The molecule has 4 heteroatoms. The van der Waals surface area contributed by atoms with Crippen molar-refractivity contribution in [3.8, 4) is 5.75 Å². The van der Waals surface area contributed by atoms with E-state index >= 15 is 0 Å². The molecule has 1 N–H and O–H groups in total. The van der Waals surface area contributed by atoms with Gasteiger partial charge in [0.15, 0.2) is 0 Å². The number of phenols is 1. The van der Waals surface area contributed by atoms with E-state index in [1.165, 1.54) is 0 Å². The van der Waals surface area contributed by atoms with Crippen molar-refractivity contribution < 1.29 is 19.3 Å². The summed E-state index contributed by atoms with van der Waals surface area (Å²) in [6, 6.07) is 3.96. The molecule has 0 amide bonds. The first-order valence-corrected chi connectivity index (χ1v) is 7.70. The molecule has 0 aromatic heterocycles. The highest BCUT2D eigenvalue weighted by molar-refractivity contribution is 5.76. The second kappa shape index (κ2) is 10.2. The SMILES string of the molecule is COCC/C=C(\C=C(/C)COC)c1cc(C)c(O)c(COC)c1. The molecule has 0 radical (unpaired) electrons. The van der Waals surface area contributed by atoms with Crippen molar-refractivity contribution in [1.82, 2.24) is 0 Å². The summed E-state index contributed by atoms with van der Waals surface area (Å²) in [5, 5.41) is 10.2. The van der Waals surface area contributed by atoms with Gasteiger partial charge in [0, 0.05) is 33.5 Å². The maximum absolute atomic E-state index is 10.2. The predicted octanol–water partition coefficient (Wildman–Crippen LogP) is 3.86. The highest BCUT2D eigenvalue weighted by Gasteiger charge is 2.09. The fourth-order valence-corrected chi connectivity index (χ4v) is 2.41. The molecule has 0 aliphatic heterocycles. The molecule has 128 valence electrons. The average Bonchev–Trinajstić information content (AvgIpc) is 2.51. The van der Waals surface area contributed by atoms with Crippen LogP contribution in [0.15, 0.2) is 29.9 Å². The summed E-state index contributed by atoms with van der Waals surface area (Å²) in [6.45, 7) is 5.58. The molecule has 0 unspecified atom stereocenters. The number of rotatable bonds is 9. The van der Waals surface area contributed by atoms with Crippen LogP contribution in [0.1, 0.15) is 30.0 Å². The number of aryl methyl sites for hydroxylation is 1. The van der Waals surface area contributed by atoms with E-state index in [-0.39, 0.29) is 0 Å². The number of phenolic OH excluding ortho intramolecular Hbond substituents is 1. The zero-order valence-electron chi connectivity index (χ0n) is 14.8. The third-order valence-corrected chi connectivity index (χ3v) is 3.47. The number of hydrogen-bond acceptors (Lipinski definition) is 4. The van der Waals surface area contributed by atoms with Crippen LogP contribution in [-0.2, 0) is 20.8 Å². The van der Waals surface area contributed by atoms with Crippen molar-refractivity contribution in [3.63, 3.8) is 0 Å². The van der Waals surface area contributed by atoms with Gasteiger partial charge in [0.1, 0.15) is 5.75 Å². The van der Waals surface area contributed by atoms with Crippen LogP contribution in [0.25, 0.3) is 5.57 Å². The molecule has 0 saturated heterocycles. The van der Waals surface area contributed by atoms with E-state index in [9.17, 15) is 5.11 Å². The van der Waals surface area contributed by atoms with E-state index in [4.69, 9.17) is 14.2 Å². The van der Waals surface area contributed by atoms with Gasteiger partial charge in [0.25, 0.3) is 0 Å². The Morgan fingerprint density at radius 1 is 1.13 bits per heavy atom. The average molecular weight is 320 g/mol. The molecule has 0 spiro atoms. The molecule has 0 fully saturated rings. The summed E-state index contributed by atoms with van der Waals surface area (Å²) in [5.41, 5.74) is 4.91. The number of hydrogen-bond donors (Lipinski definition) is 1. The molecule has 1 rings (SSSR count). The maximum atomic E-state index is 10.2. The van der Waals surface area contributed by atoms with E-state index in [1.54, 1.807) is 21.3 Å². The zero-order valence-corrected chi connectivity index (χ0v) is 14.8. The normalized spacial score (nSPS) is 12.7. The second-order valence-electron chi connectivity index (χ2n) is 5.60. The van der Waals surface area contributed by atoms with Crippen LogP contribution in [0.3, 0.4) is 0 Å². The lowest BCUT2D eigenvalue weighted by atomic mass is 9.97. The van der Waals surface area contributed by atoms with Gasteiger partial charge in [-0.3, -0.25) is 0 Å². The van der Waals surface area contributed by atoms with Crippen molar-refractivity contribution in [1.29, 1.82) is 0 Å². The van der Waals surface area contributed by atoms with Crippen LogP contribution in [-0.4, -0.2) is 39.6 Å². The van der Waals surface area contributed by atoms with Gasteiger partial charge in [0.2, 0.25) is 0 Å². The summed E-state index contributed by atoms with van der Waals surface area (Å²) in [4.78, 5) is 0. The Hall–Kier alpha value is -1.62. The molecule has 0 bridgehead atoms. The van der Waals surface area contributed by atoms with Gasteiger partial charge in [0.05, 0.1) is 13.2 Å². The van der Waals surface area contributed by atoms with Crippen LogP contribution >= 0.6 is 0 Å². The zero-order chi connectivity index (χ0) is 17.2. The molecule has 0 aliphatic rings. The highest BCUT2D eigenvalue weighted by atomic mass is 16.5. The molecule has 1 aromatic carbocycles. The topological polar surface area (TPSA) is 47.9 Å². The van der Waals surface area contributed by atoms with Crippen LogP contribution in [0.5, 0.6) is 5.75 Å². The fraction of sp³-hybridized carbons (Fsp3) is 0.474. The van der Waals surface area contributed by atoms with Crippen molar-refractivity contribution >= 4 is 5.57 Å². The first-order valence-electron chi connectivity index (χ1n) is 7.70. The van der Waals surface area contributed by atoms with Gasteiger partial charge in [-0.2, -0.15) is 0 Å². The van der Waals surface area contributed by atoms with Crippen LogP contribution in [0, 0.1) is 6.92 Å². The smallest absolute Gasteiger partial charge is 0.124 e. The summed E-state index contributed by atoms with van der Waals surface area (Å²) in [5.74, 6) is 0.296. The van der Waals surface area contributed by atoms with E-state index < -0.39 is 0 Å². The van der Waals surface area contributed by atoms with Gasteiger partial charge in [-0.1, -0.05) is 12.2 Å². The van der Waals surface area contributed by atoms with E-state index in [2.05, 4.69) is 12.2 Å². The van der Waals surface area contributed by atoms with Crippen molar-refractivity contribution in [2.45, 2.75) is 26.9 Å². The minimum atomic E-state index is 0.296. The van der Waals surface area contributed by atoms with Crippen LogP contribution in [0.2, 0.25) is 0 Å². The standard InChI is InChI=1S/C19H28O4/c1-14(12-22-4)9-16(7-6-8-21-3)17-10-15(2)19(20)18(11-17)13-23-5/h7,9-11,20H,6,8,12-13H2,1-5H3/b14-9+,16-7+. The Bertz CT molecular complexity index is 559. The number of benzene rings is 1. The predicted molar refractivity (Wildman–Crippen MR) is 93.7 cm³/mol. The molecule has 0 saturated carbocycles. The lowest BCUT2D eigenvalue weighted by molar-refractivity contribution is 0.182. The Labute approximate surface area is 139 Å². The Morgan fingerprint density at radius 3 is 2.48 bits per heavy atom. The fourth-order valence-electron chi connectivity index (χ4n) is 2.41. The molecular weight excluding hydrogens is 292 g/mol. The molecule has 23 heavy (non-hydrogen) atoms. The third kappa shape index (κ3) is 6.18. The first-order chi connectivity index (χ1) is 11.0. The Morgan fingerprint density at radius 2 is 1.87 bits per heavy atom. The molecule has 0 aliphatic carbocycles. The molecular formula is C19H28O4. The number of ether oxygens (including phenoxy) is 3. The Kier molecular flexibility index (Phi) is 8.62. The van der Waals surface area contributed by atoms with E-state index in [0.717, 1.165) is 34.3 Å². The quantitative estimate of drug-likeness (QED) is 0.554. The van der Waals surface area contributed by atoms with Gasteiger partial charge in [-0.25, -0.2) is 0 Å². The molecule has 4 nitrogen and oxygen atoms in total. The summed E-state index contributed by atoms with van der Waals surface area (Å²) in [7, 11) is 5.01. The van der Waals surface area contributed by atoms with Crippen LogP contribution in [0.4, 0.5) is 0 Å². The third-order valence-electron chi connectivity index (χ3n) is 3.47. The van der Waals surface area contributed by atoms with Crippen molar-refractivity contribution in [3.05, 3.63) is 46.5 Å². The van der Waals surface area contributed by atoms with Crippen molar-refractivity contribution in [2.24, 2.45) is 0 Å². The summed E-state index contributed by atoms with van der Waals surface area (Å²) < 4.78 is 15.5. The highest BCUT2D eigenvalue weighted by Crippen LogP contribution is 2.29. The van der Waals surface area contributed by atoms with E-state index in [0.29, 0.717) is 25.6 Å². The monoisotopic (exact) mass is 320 g/mol. The lowest BCUT2D eigenvalue weighted by Crippen LogP contribution is -1.96. The largest absolute Gasteiger partial charge is 0.507 e. The van der Waals surface area contributed by atoms with E-state index in [1.807, 2.05) is 26.0 Å². The summed E-state index contributed by atoms with van der Waals surface area (Å²) >= 11 is 0. The molecule has 0 heterocycles. The summed E-state index contributed by atoms with van der Waals surface area (Å²) in [6.07, 6.45) is 5.08. The number of methoxy groups -OCH3 is 3. The molecule has 1 aromatic rings. The molecule has 0 atom stereocenters. The van der Waals surface area contributed by atoms with Gasteiger partial charge in [-0.15, -0.1) is 0 Å². The Balaban J connectivity index is 3.25. The van der Waals surface area contributed by atoms with Gasteiger partial charge in [-0.05, 0) is 54.7 Å². The van der Waals surface area contributed by atoms with Crippen molar-refractivity contribution in [2.75, 3.05) is 34.5 Å². The number of allylic oxidation sites excluding steroid dienone is 2. The minimum Gasteiger partial charge on any atom is -0.507 e. The van der Waals surface area contributed by atoms with Crippen LogP contribution < -0.4 is 0 Å².